The van der Waals surface area contributed by atoms with Crippen LogP contribution < -0.4 is 0 Å². The predicted molar refractivity (Wildman–Crippen MR) is 86.2 cm³/mol. The molecule has 4 heteroatoms. The number of fused-ring (bicyclic) bond motifs is 1. The lowest BCUT2D eigenvalue weighted by atomic mass is 10.2. The molecule has 1 aliphatic heterocycles. The first-order valence-corrected chi connectivity index (χ1v) is 8.20. The van der Waals surface area contributed by atoms with Gasteiger partial charge in [-0.1, -0.05) is 12.1 Å². The number of hydrogen-bond donors (Lipinski definition) is 0. The van der Waals surface area contributed by atoms with E-state index in [0.29, 0.717) is 6.04 Å². The maximum atomic E-state index is 4.85. The van der Waals surface area contributed by atoms with Crippen molar-refractivity contribution >= 4 is 21.6 Å². The topological polar surface area (TPSA) is 29.0 Å². The van der Waals surface area contributed by atoms with Crippen LogP contribution >= 0.6 is 11.3 Å². The largest absolute Gasteiger partial charge is 0.290 e. The van der Waals surface area contributed by atoms with Crippen LogP contribution in [0, 0.1) is 0 Å². The van der Waals surface area contributed by atoms with Crippen LogP contribution in [0.3, 0.4) is 0 Å². The molecule has 0 spiro atoms. The van der Waals surface area contributed by atoms with Gasteiger partial charge in [0.05, 0.1) is 16.3 Å². The lowest BCUT2D eigenvalue weighted by Gasteiger charge is -2.22. The highest BCUT2D eigenvalue weighted by molar-refractivity contribution is 7.18. The summed E-state index contributed by atoms with van der Waals surface area (Å²) in [4.78, 5) is 11.5. The van der Waals surface area contributed by atoms with Crippen LogP contribution in [0.1, 0.15) is 29.5 Å². The van der Waals surface area contributed by atoms with Gasteiger partial charge < -0.3 is 0 Å². The highest BCUT2D eigenvalue weighted by atomic mass is 32.1. The Balaban J connectivity index is 1.61. The van der Waals surface area contributed by atoms with Gasteiger partial charge in [-0.3, -0.25) is 9.88 Å². The predicted octanol–water partition coefficient (Wildman–Crippen LogP) is 4.03. The molecule has 0 aliphatic carbocycles. The Morgan fingerprint density at radius 1 is 1.14 bits per heavy atom. The van der Waals surface area contributed by atoms with Crippen LogP contribution in [0.15, 0.2) is 48.8 Å². The normalized spacial score (nSPS) is 19.3. The molecule has 0 bridgehead atoms. The number of hydrogen-bond acceptors (Lipinski definition) is 4. The molecule has 106 valence electrons. The van der Waals surface area contributed by atoms with Gasteiger partial charge in [-0.05, 0) is 49.2 Å². The summed E-state index contributed by atoms with van der Waals surface area (Å²) in [7, 11) is 0. The third-order valence-corrected chi connectivity index (χ3v) is 5.23. The lowest BCUT2D eigenvalue weighted by molar-refractivity contribution is 0.248. The van der Waals surface area contributed by atoms with E-state index in [9.17, 15) is 0 Å². The van der Waals surface area contributed by atoms with Crippen LogP contribution in [0.25, 0.3) is 10.2 Å². The minimum atomic E-state index is 0.468. The number of likely N-dealkylation sites (tertiary alicyclic amines) is 1. The monoisotopic (exact) mass is 295 g/mol. The Labute approximate surface area is 128 Å². The molecule has 2 aromatic heterocycles. The van der Waals surface area contributed by atoms with E-state index in [0.717, 1.165) is 18.6 Å². The molecule has 1 unspecified atom stereocenters. The average Bonchev–Trinajstić information content (AvgIpc) is 3.14. The van der Waals surface area contributed by atoms with Gasteiger partial charge in [-0.25, -0.2) is 4.98 Å². The van der Waals surface area contributed by atoms with Crippen molar-refractivity contribution in [3.8, 4) is 0 Å². The standard InChI is InChI=1S/C17H17N3S/c1-2-6-16-14(4-1)19-17(21-16)15-5-3-11-20(15)12-13-7-9-18-10-8-13/h1-2,4,6-10,15H,3,5,11-12H2. The van der Waals surface area contributed by atoms with Crippen LogP contribution in [0.5, 0.6) is 0 Å². The fourth-order valence-corrected chi connectivity index (χ4v) is 4.19. The van der Waals surface area contributed by atoms with Gasteiger partial charge in [0.1, 0.15) is 5.01 Å². The van der Waals surface area contributed by atoms with Crippen molar-refractivity contribution in [1.29, 1.82) is 0 Å². The van der Waals surface area contributed by atoms with E-state index in [4.69, 9.17) is 4.98 Å². The summed E-state index contributed by atoms with van der Waals surface area (Å²) in [5, 5.41) is 1.27. The molecule has 4 rings (SSSR count). The summed E-state index contributed by atoms with van der Waals surface area (Å²) in [6, 6.07) is 13.1. The molecule has 1 atom stereocenters. The third kappa shape index (κ3) is 2.57. The number of benzene rings is 1. The summed E-state index contributed by atoms with van der Waals surface area (Å²) in [5.74, 6) is 0. The van der Waals surface area contributed by atoms with Crippen molar-refractivity contribution in [3.63, 3.8) is 0 Å². The molecular formula is C17H17N3S. The zero-order valence-corrected chi connectivity index (χ0v) is 12.6. The van der Waals surface area contributed by atoms with Crippen molar-refractivity contribution in [2.45, 2.75) is 25.4 Å². The SMILES string of the molecule is c1ccc2sc(C3CCCN3Cc3ccncc3)nc2c1. The second kappa shape index (κ2) is 5.54. The van der Waals surface area contributed by atoms with Crippen LogP contribution in [-0.2, 0) is 6.54 Å². The van der Waals surface area contributed by atoms with E-state index in [1.54, 1.807) is 0 Å². The summed E-state index contributed by atoms with van der Waals surface area (Å²) in [6.45, 7) is 2.14. The maximum Gasteiger partial charge on any atom is 0.111 e. The number of nitrogens with zero attached hydrogens (tertiary/aromatic N) is 3. The second-order valence-electron chi connectivity index (χ2n) is 5.50. The number of para-hydroxylation sites is 1. The first kappa shape index (κ1) is 12.9. The maximum absolute atomic E-state index is 4.85. The van der Waals surface area contributed by atoms with Crippen molar-refractivity contribution in [3.05, 3.63) is 59.4 Å². The first-order chi connectivity index (χ1) is 10.4. The van der Waals surface area contributed by atoms with Crippen LogP contribution in [0.2, 0.25) is 0 Å². The molecule has 1 aliphatic rings. The Morgan fingerprint density at radius 2 is 2.00 bits per heavy atom. The van der Waals surface area contributed by atoms with E-state index in [2.05, 4.69) is 46.3 Å². The fourth-order valence-electron chi connectivity index (χ4n) is 3.05. The van der Waals surface area contributed by atoms with Gasteiger partial charge in [0.15, 0.2) is 0 Å². The molecule has 0 amide bonds. The van der Waals surface area contributed by atoms with Crippen molar-refractivity contribution in [2.75, 3.05) is 6.54 Å². The van der Waals surface area contributed by atoms with Gasteiger partial charge in [-0.2, -0.15) is 0 Å². The molecule has 0 radical (unpaired) electrons. The molecule has 0 N–H and O–H groups in total. The van der Waals surface area contributed by atoms with Crippen LogP contribution in [-0.4, -0.2) is 21.4 Å². The Bertz CT molecular complexity index is 705. The molecule has 21 heavy (non-hydrogen) atoms. The smallest absolute Gasteiger partial charge is 0.111 e. The molecule has 1 aromatic carbocycles. The molecule has 1 fully saturated rings. The first-order valence-electron chi connectivity index (χ1n) is 7.38. The van der Waals surface area contributed by atoms with E-state index >= 15 is 0 Å². The Hall–Kier alpha value is -1.78. The highest BCUT2D eigenvalue weighted by Crippen LogP contribution is 2.37. The third-order valence-electron chi connectivity index (χ3n) is 4.09. The number of rotatable bonds is 3. The van der Waals surface area contributed by atoms with Gasteiger partial charge in [0.25, 0.3) is 0 Å². The fraction of sp³-hybridized carbons (Fsp3) is 0.294. The zero-order valence-electron chi connectivity index (χ0n) is 11.8. The molecule has 3 nitrogen and oxygen atoms in total. The van der Waals surface area contributed by atoms with Crippen molar-refractivity contribution in [2.24, 2.45) is 0 Å². The molecule has 3 aromatic rings. The van der Waals surface area contributed by atoms with E-state index in [-0.39, 0.29) is 0 Å². The number of aromatic nitrogens is 2. The molecular weight excluding hydrogens is 278 g/mol. The molecule has 1 saturated heterocycles. The van der Waals surface area contributed by atoms with E-state index in [1.165, 1.54) is 28.1 Å². The second-order valence-corrected chi connectivity index (χ2v) is 6.57. The highest BCUT2D eigenvalue weighted by Gasteiger charge is 2.28. The van der Waals surface area contributed by atoms with Gasteiger partial charge >= 0.3 is 0 Å². The summed E-state index contributed by atoms with van der Waals surface area (Å²) in [6.07, 6.45) is 6.22. The molecule has 0 saturated carbocycles. The van der Waals surface area contributed by atoms with Gasteiger partial charge in [0, 0.05) is 18.9 Å². The quantitative estimate of drug-likeness (QED) is 0.730. The number of thiazole rings is 1. The Kier molecular flexibility index (Phi) is 3.41. The van der Waals surface area contributed by atoms with E-state index < -0.39 is 0 Å². The summed E-state index contributed by atoms with van der Waals surface area (Å²) >= 11 is 1.84. The molecule has 3 heterocycles. The minimum absolute atomic E-state index is 0.468. The van der Waals surface area contributed by atoms with Crippen molar-refractivity contribution in [1.82, 2.24) is 14.9 Å². The number of pyridine rings is 1. The zero-order chi connectivity index (χ0) is 14.1. The minimum Gasteiger partial charge on any atom is -0.290 e. The van der Waals surface area contributed by atoms with E-state index in [1.807, 2.05) is 23.7 Å². The van der Waals surface area contributed by atoms with Crippen molar-refractivity contribution < 1.29 is 0 Å². The van der Waals surface area contributed by atoms with Gasteiger partial charge in [-0.15, -0.1) is 11.3 Å². The Morgan fingerprint density at radius 3 is 2.86 bits per heavy atom. The summed E-state index contributed by atoms with van der Waals surface area (Å²) < 4.78 is 1.29. The van der Waals surface area contributed by atoms with Gasteiger partial charge in [0.2, 0.25) is 0 Å². The lowest BCUT2D eigenvalue weighted by Crippen LogP contribution is -2.22. The summed E-state index contributed by atoms with van der Waals surface area (Å²) in [5.41, 5.74) is 2.46. The van der Waals surface area contributed by atoms with Crippen LogP contribution in [0.4, 0.5) is 0 Å². The average molecular weight is 295 g/mol.